The number of amides is 1. The molecule has 0 radical (unpaired) electrons. The number of hydrogen-bond acceptors (Lipinski definition) is 6. The van der Waals surface area contributed by atoms with E-state index < -0.39 is 0 Å². The van der Waals surface area contributed by atoms with Crippen LogP contribution in [-0.2, 0) is 4.79 Å². The fraction of sp³-hybridized carbons (Fsp3) is 0.526. The predicted octanol–water partition coefficient (Wildman–Crippen LogP) is 4.95. The number of nitrogens with one attached hydrogen (secondary N) is 2. The van der Waals surface area contributed by atoms with Crippen molar-refractivity contribution in [2.75, 3.05) is 11.1 Å². The number of aromatic nitrogens is 2. The summed E-state index contributed by atoms with van der Waals surface area (Å²) in [4.78, 5) is 12.1. The number of carbonyl (C=O) groups excluding carboxylic acids is 1. The Labute approximate surface area is 163 Å². The van der Waals surface area contributed by atoms with Crippen molar-refractivity contribution < 1.29 is 4.79 Å². The van der Waals surface area contributed by atoms with E-state index in [1.54, 1.807) is 0 Å². The summed E-state index contributed by atoms with van der Waals surface area (Å²) in [6, 6.07) is 8.72. The molecule has 7 heteroatoms. The summed E-state index contributed by atoms with van der Waals surface area (Å²) in [5.41, 5.74) is 2.31. The quantitative estimate of drug-likeness (QED) is 0.655. The van der Waals surface area contributed by atoms with Gasteiger partial charge in [0.05, 0.1) is 5.75 Å². The van der Waals surface area contributed by atoms with Crippen LogP contribution in [0.3, 0.4) is 0 Å². The third-order valence-corrected chi connectivity index (χ3v) is 6.50. The normalized spacial score (nSPS) is 15.2. The molecule has 1 aliphatic carbocycles. The second-order valence-electron chi connectivity index (χ2n) is 6.97. The van der Waals surface area contributed by atoms with Gasteiger partial charge in [0.1, 0.15) is 0 Å². The summed E-state index contributed by atoms with van der Waals surface area (Å²) in [5, 5.41) is 15.5. The summed E-state index contributed by atoms with van der Waals surface area (Å²) in [6.45, 7) is 4.36. The summed E-state index contributed by atoms with van der Waals surface area (Å²) in [7, 11) is 0. The van der Waals surface area contributed by atoms with Crippen LogP contribution in [0.25, 0.3) is 0 Å². The first kappa shape index (κ1) is 19.2. The molecular formula is C19H26N4OS2. The van der Waals surface area contributed by atoms with Crippen molar-refractivity contribution in [1.29, 1.82) is 0 Å². The molecule has 1 amide bonds. The van der Waals surface area contributed by atoms with Gasteiger partial charge in [0, 0.05) is 11.7 Å². The smallest absolute Gasteiger partial charge is 0.230 e. The van der Waals surface area contributed by atoms with E-state index in [0.717, 1.165) is 28.0 Å². The first-order valence-electron chi connectivity index (χ1n) is 9.23. The Morgan fingerprint density at radius 2 is 1.92 bits per heavy atom. The fourth-order valence-corrected chi connectivity index (χ4v) is 4.62. The number of benzene rings is 1. The zero-order chi connectivity index (χ0) is 18.4. The van der Waals surface area contributed by atoms with Gasteiger partial charge in [-0.2, -0.15) is 0 Å². The van der Waals surface area contributed by atoms with Crippen molar-refractivity contribution >= 4 is 39.8 Å². The van der Waals surface area contributed by atoms with Crippen LogP contribution >= 0.6 is 23.1 Å². The highest BCUT2D eigenvalue weighted by Crippen LogP contribution is 2.28. The molecular weight excluding hydrogens is 364 g/mol. The maximum Gasteiger partial charge on any atom is 0.230 e. The van der Waals surface area contributed by atoms with Crippen LogP contribution < -0.4 is 10.6 Å². The molecule has 140 valence electrons. The maximum atomic E-state index is 12.1. The molecule has 26 heavy (non-hydrogen) atoms. The third-order valence-electron chi connectivity index (χ3n) is 4.53. The van der Waals surface area contributed by atoms with E-state index in [0.29, 0.717) is 17.7 Å². The van der Waals surface area contributed by atoms with Crippen LogP contribution in [0.4, 0.5) is 10.8 Å². The van der Waals surface area contributed by atoms with Gasteiger partial charge in [-0.3, -0.25) is 4.79 Å². The Balaban J connectivity index is 1.46. The second-order valence-corrected chi connectivity index (χ2v) is 9.17. The average Bonchev–Trinajstić information content (AvgIpc) is 3.09. The summed E-state index contributed by atoms with van der Waals surface area (Å²) in [6.07, 6.45) is 5.96. The minimum atomic E-state index is 0.0934. The summed E-state index contributed by atoms with van der Waals surface area (Å²) < 4.78 is 0.810. The molecule has 5 nitrogen and oxygen atoms in total. The van der Waals surface area contributed by atoms with E-state index in [1.165, 1.54) is 47.9 Å². The lowest BCUT2D eigenvalue weighted by Gasteiger charge is -2.22. The van der Waals surface area contributed by atoms with Crippen LogP contribution in [0.5, 0.6) is 0 Å². The molecule has 0 bridgehead atoms. The second kappa shape index (κ2) is 9.37. The number of carbonyl (C=O) groups is 1. The number of thioether (sulfide) groups is 1. The number of anilines is 2. The monoisotopic (exact) mass is 390 g/mol. The zero-order valence-electron chi connectivity index (χ0n) is 15.3. The van der Waals surface area contributed by atoms with E-state index in [-0.39, 0.29) is 5.91 Å². The highest BCUT2D eigenvalue weighted by molar-refractivity contribution is 8.01. The number of nitrogens with zero attached hydrogens (tertiary/aromatic N) is 2. The number of hydrogen-bond donors (Lipinski definition) is 2. The van der Waals surface area contributed by atoms with Crippen LogP contribution in [-0.4, -0.2) is 27.9 Å². The van der Waals surface area contributed by atoms with E-state index in [1.807, 2.05) is 0 Å². The molecule has 2 N–H and O–H groups in total. The largest absolute Gasteiger partial charge is 0.353 e. The molecule has 1 aromatic carbocycles. The van der Waals surface area contributed by atoms with Gasteiger partial charge in [-0.15, -0.1) is 10.2 Å². The zero-order valence-corrected chi connectivity index (χ0v) is 17.0. The lowest BCUT2D eigenvalue weighted by Crippen LogP contribution is -2.37. The first-order valence-corrected chi connectivity index (χ1v) is 11.0. The number of rotatable bonds is 7. The van der Waals surface area contributed by atoms with Gasteiger partial charge in [0.2, 0.25) is 11.0 Å². The van der Waals surface area contributed by atoms with E-state index in [9.17, 15) is 4.79 Å². The average molecular weight is 391 g/mol. The SMILES string of the molecule is CC(C)c1ccc(Nc2nnc(SCC(=O)NC3CCCCC3)s2)cc1. The van der Waals surface area contributed by atoms with Gasteiger partial charge < -0.3 is 10.6 Å². The molecule has 0 aliphatic heterocycles. The van der Waals surface area contributed by atoms with Gasteiger partial charge in [-0.25, -0.2) is 0 Å². The van der Waals surface area contributed by atoms with Crippen LogP contribution in [0.2, 0.25) is 0 Å². The highest BCUT2D eigenvalue weighted by atomic mass is 32.2. The van der Waals surface area contributed by atoms with E-state index in [2.05, 4.69) is 58.9 Å². The maximum absolute atomic E-state index is 12.1. The Hall–Kier alpha value is -1.60. The van der Waals surface area contributed by atoms with Crippen molar-refractivity contribution in [2.24, 2.45) is 0 Å². The molecule has 0 unspecified atom stereocenters. The van der Waals surface area contributed by atoms with Crippen molar-refractivity contribution in [2.45, 2.75) is 62.3 Å². The molecule has 0 atom stereocenters. The van der Waals surface area contributed by atoms with Crippen LogP contribution in [0, 0.1) is 0 Å². The van der Waals surface area contributed by atoms with E-state index >= 15 is 0 Å². The van der Waals surface area contributed by atoms with Crippen molar-refractivity contribution in [1.82, 2.24) is 15.5 Å². The molecule has 1 fully saturated rings. The molecule has 0 saturated heterocycles. The lowest BCUT2D eigenvalue weighted by molar-refractivity contribution is -0.119. The predicted molar refractivity (Wildman–Crippen MR) is 109 cm³/mol. The van der Waals surface area contributed by atoms with Crippen molar-refractivity contribution in [3.8, 4) is 0 Å². The van der Waals surface area contributed by atoms with Crippen molar-refractivity contribution in [3.63, 3.8) is 0 Å². The van der Waals surface area contributed by atoms with E-state index in [4.69, 9.17) is 0 Å². The molecule has 2 aromatic rings. The topological polar surface area (TPSA) is 66.9 Å². The summed E-state index contributed by atoms with van der Waals surface area (Å²) in [5.74, 6) is 1.01. The Kier molecular flexibility index (Phi) is 6.91. The van der Waals surface area contributed by atoms with Gasteiger partial charge in [0.25, 0.3) is 0 Å². The molecule has 0 spiro atoms. The Bertz CT molecular complexity index is 709. The minimum Gasteiger partial charge on any atom is -0.353 e. The third kappa shape index (κ3) is 5.71. The van der Waals surface area contributed by atoms with Crippen molar-refractivity contribution in [3.05, 3.63) is 29.8 Å². The Morgan fingerprint density at radius 3 is 2.62 bits per heavy atom. The standard InChI is InChI=1S/C19H26N4OS2/c1-13(2)14-8-10-16(11-9-14)21-18-22-23-19(26-18)25-12-17(24)20-15-6-4-3-5-7-15/h8-11,13,15H,3-7,12H2,1-2H3,(H,20,24)(H,21,22). The first-order chi connectivity index (χ1) is 12.6. The van der Waals surface area contributed by atoms with Crippen LogP contribution in [0.1, 0.15) is 57.4 Å². The van der Waals surface area contributed by atoms with Gasteiger partial charge in [0.15, 0.2) is 4.34 Å². The molecule has 3 rings (SSSR count). The van der Waals surface area contributed by atoms with Crippen LogP contribution in [0.15, 0.2) is 28.6 Å². The van der Waals surface area contributed by atoms with Gasteiger partial charge >= 0.3 is 0 Å². The molecule has 1 saturated carbocycles. The summed E-state index contributed by atoms with van der Waals surface area (Å²) >= 11 is 2.92. The molecule has 1 heterocycles. The molecule has 1 aliphatic rings. The fourth-order valence-electron chi connectivity index (χ4n) is 3.04. The minimum absolute atomic E-state index is 0.0934. The Morgan fingerprint density at radius 1 is 1.19 bits per heavy atom. The van der Waals surface area contributed by atoms with Gasteiger partial charge in [-0.1, -0.05) is 68.3 Å². The lowest BCUT2D eigenvalue weighted by atomic mass is 9.95. The molecule has 1 aromatic heterocycles. The highest BCUT2D eigenvalue weighted by Gasteiger charge is 2.16. The van der Waals surface area contributed by atoms with Gasteiger partial charge in [-0.05, 0) is 36.5 Å².